The molecule has 12 heteroatoms. The van der Waals surface area contributed by atoms with E-state index in [1.807, 2.05) is 297 Å². The first-order chi connectivity index (χ1) is 48.4. The standard InChI is InChI=1S/C86H74O12/c87-71-49-70-74(92-54-62-31-15-4-16-32-62)50-78(96-58-66-39-23-8-24-40-66)81(86(70)98-84(71)67-41-43-72(90-52-60-27-11-2-12-28-60)75(45-67)93-55-63-33-17-5-18-34-63)82-80-77(95-57-65-37-21-7-22-38-65)47-69(89-51-59-25-9-1-10-26-59)48-79(80)97-85(83(82)88)68-42-44-73(91-53-61-29-13-3-14-30-61)76(46-68)94-56-64-35-19-6-20-36-64/h1-48,50,71,82-85,87-88H,49,51-58H2/t71-,82+,83-,84+,85+/m0/s1/i82+1. The maximum Gasteiger partial charge on any atom is 0.162 e. The average molecular weight is 1300 g/mol. The minimum absolute atomic E-state index is 0.0638. The van der Waals surface area contributed by atoms with Crippen molar-refractivity contribution in [3.05, 3.63) is 370 Å². The molecule has 14 rings (SSSR count). The third-order valence-corrected chi connectivity index (χ3v) is 17.5. The number of ether oxygens (including phenoxy) is 10. The summed E-state index contributed by atoms with van der Waals surface area (Å²) in [5.41, 5.74) is 10.3. The predicted octanol–water partition coefficient (Wildman–Crippen LogP) is 18.0. The van der Waals surface area contributed by atoms with Crippen LogP contribution < -0.4 is 47.4 Å². The molecule has 490 valence electrons. The molecule has 2 aliphatic heterocycles. The van der Waals surface area contributed by atoms with E-state index >= 15 is 0 Å². The molecule has 0 bridgehead atoms. The quantitative estimate of drug-likeness (QED) is 0.0475. The smallest absolute Gasteiger partial charge is 0.162 e. The number of hydrogen-bond acceptors (Lipinski definition) is 12. The number of aliphatic hydroxyl groups excluding tert-OH is 2. The zero-order valence-electron chi connectivity index (χ0n) is 54.0. The van der Waals surface area contributed by atoms with E-state index in [2.05, 4.69) is 0 Å². The maximum atomic E-state index is 14.1. The molecule has 0 unspecified atom stereocenters. The van der Waals surface area contributed by atoms with Crippen LogP contribution in [0.4, 0.5) is 0 Å². The van der Waals surface area contributed by atoms with Crippen LogP contribution in [0.15, 0.2) is 297 Å². The summed E-state index contributed by atoms with van der Waals surface area (Å²) in [5.74, 6) is 3.21. The van der Waals surface area contributed by atoms with Gasteiger partial charge >= 0.3 is 0 Å². The van der Waals surface area contributed by atoms with Gasteiger partial charge in [0.1, 0.15) is 99.6 Å². The van der Waals surface area contributed by atoms with Crippen LogP contribution in [0.5, 0.6) is 57.5 Å². The van der Waals surface area contributed by atoms with Gasteiger partial charge in [-0.3, -0.25) is 0 Å². The largest absolute Gasteiger partial charge is 0.489 e. The molecule has 12 aromatic carbocycles. The van der Waals surface area contributed by atoms with E-state index in [1.165, 1.54) is 0 Å². The van der Waals surface area contributed by atoms with E-state index in [9.17, 15) is 10.2 Å². The molecule has 0 saturated carbocycles. The van der Waals surface area contributed by atoms with Gasteiger partial charge in [-0.05, 0) is 79.9 Å². The molecule has 98 heavy (non-hydrogen) atoms. The van der Waals surface area contributed by atoms with E-state index in [-0.39, 0.29) is 52.7 Å². The van der Waals surface area contributed by atoms with Crippen molar-refractivity contribution in [2.45, 2.75) is 89.6 Å². The van der Waals surface area contributed by atoms with Gasteiger partial charge in [-0.25, -0.2) is 0 Å². The lowest BCUT2D eigenvalue weighted by molar-refractivity contribution is 0.000521. The SMILES string of the molecule is O[C@@H]1[C@@H](c2ccc(OCc3ccccc3)c(OCc3ccccc3)c2)Oc2cc(OCc3ccccc3)cc(OCc3ccccc3)c2[13C@@H]1c1c(OCc2ccccc2)cc(OCc2ccccc2)c2c1O[C@H](c1ccc(OCc3ccccc3)c(OCc3ccccc3)c1)[C@@H](O)C2. The fourth-order valence-electron chi connectivity index (χ4n) is 12.4. The Morgan fingerprint density at radius 1 is 0.286 bits per heavy atom. The second kappa shape index (κ2) is 31.0. The normalized spacial score (nSPS) is 16.0. The van der Waals surface area contributed by atoms with Crippen LogP contribution in [0.1, 0.15) is 90.5 Å². The van der Waals surface area contributed by atoms with Crippen molar-refractivity contribution >= 4 is 0 Å². The number of rotatable bonds is 27. The molecule has 5 atom stereocenters. The number of aliphatic hydroxyl groups is 2. The summed E-state index contributed by atoms with van der Waals surface area (Å²) in [7, 11) is 0. The van der Waals surface area contributed by atoms with Crippen molar-refractivity contribution in [2.75, 3.05) is 0 Å². The molecule has 0 saturated heterocycles. The number of hydrogen-bond donors (Lipinski definition) is 2. The molecule has 0 aromatic heterocycles. The topological polar surface area (TPSA) is 133 Å². The first-order valence-corrected chi connectivity index (χ1v) is 33.1. The third kappa shape index (κ3) is 15.6. The predicted molar refractivity (Wildman–Crippen MR) is 376 cm³/mol. The monoisotopic (exact) mass is 1300 g/mol. The lowest BCUT2D eigenvalue weighted by Gasteiger charge is -2.41. The van der Waals surface area contributed by atoms with Crippen molar-refractivity contribution in [2.24, 2.45) is 0 Å². The Hall–Kier alpha value is -11.4. The Kier molecular flexibility index (Phi) is 20.2. The Bertz CT molecular complexity index is 4530. The van der Waals surface area contributed by atoms with E-state index in [0.717, 1.165) is 44.5 Å². The summed E-state index contributed by atoms with van der Waals surface area (Å²) in [6.45, 7) is 1.75. The van der Waals surface area contributed by atoms with E-state index < -0.39 is 30.3 Å². The van der Waals surface area contributed by atoms with Gasteiger partial charge in [0, 0.05) is 41.3 Å². The highest BCUT2D eigenvalue weighted by Gasteiger charge is 2.47. The Morgan fingerprint density at radius 3 is 1.00 bits per heavy atom. The maximum absolute atomic E-state index is 14.1. The van der Waals surface area contributed by atoms with Crippen LogP contribution in [0.2, 0.25) is 0 Å². The first-order valence-electron chi connectivity index (χ1n) is 33.1. The highest BCUT2D eigenvalue weighted by atomic mass is 16.5. The molecular weight excluding hydrogens is 1230 g/mol. The Balaban J connectivity index is 0.954. The van der Waals surface area contributed by atoms with Crippen molar-refractivity contribution in [1.82, 2.24) is 0 Å². The molecule has 12 nitrogen and oxygen atoms in total. The molecule has 2 heterocycles. The van der Waals surface area contributed by atoms with Gasteiger partial charge in [-0.1, -0.05) is 255 Å². The molecule has 0 spiro atoms. The molecule has 2 aliphatic rings. The van der Waals surface area contributed by atoms with Gasteiger partial charge < -0.3 is 57.6 Å². The second-order valence-corrected chi connectivity index (χ2v) is 24.4. The highest BCUT2D eigenvalue weighted by molar-refractivity contribution is 5.67. The lowest BCUT2D eigenvalue weighted by Crippen LogP contribution is -2.37. The van der Waals surface area contributed by atoms with Crippen molar-refractivity contribution in [1.29, 1.82) is 0 Å². The third-order valence-electron chi connectivity index (χ3n) is 17.5. The van der Waals surface area contributed by atoms with Gasteiger partial charge in [0.15, 0.2) is 29.1 Å². The molecule has 2 N–H and O–H groups in total. The zero-order valence-corrected chi connectivity index (χ0v) is 54.0. The number of benzene rings is 12. The van der Waals surface area contributed by atoms with Gasteiger partial charge in [-0.15, -0.1) is 0 Å². The molecule has 0 amide bonds. The van der Waals surface area contributed by atoms with E-state index in [1.54, 1.807) is 0 Å². The first kappa shape index (κ1) is 63.9. The fourth-order valence-corrected chi connectivity index (χ4v) is 12.4. The highest BCUT2D eigenvalue weighted by Crippen LogP contribution is 2.58. The van der Waals surface area contributed by atoms with Crippen LogP contribution in [0, 0.1) is 0 Å². The fraction of sp³-hybridized carbons (Fsp3) is 0.163. The van der Waals surface area contributed by atoms with Crippen LogP contribution in [0.3, 0.4) is 0 Å². The van der Waals surface area contributed by atoms with Gasteiger partial charge in [-0.2, -0.15) is 0 Å². The zero-order chi connectivity index (χ0) is 66.2. The van der Waals surface area contributed by atoms with Crippen molar-refractivity contribution in [3.63, 3.8) is 0 Å². The average Bonchev–Trinajstić information content (AvgIpc) is 0.724. The Labute approximate surface area is 571 Å². The van der Waals surface area contributed by atoms with Crippen LogP contribution in [0.25, 0.3) is 0 Å². The van der Waals surface area contributed by atoms with Crippen LogP contribution >= 0.6 is 0 Å². The van der Waals surface area contributed by atoms with Crippen molar-refractivity contribution < 1.29 is 57.6 Å². The van der Waals surface area contributed by atoms with Gasteiger partial charge in [0.25, 0.3) is 0 Å². The summed E-state index contributed by atoms with van der Waals surface area (Å²) < 4.78 is 69.4. The van der Waals surface area contributed by atoms with E-state index in [0.29, 0.717) is 91.9 Å². The molecule has 0 fully saturated rings. The van der Waals surface area contributed by atoms with Gasteiger partial charge in [0.05, 0.1) is 12.0 Å². The summed E-state index contributed by atoms with van der Waals surface area (Å²) in [4.78, 5) is 0. The summed E-state index contributed by atoms with van der Waals surface area (Å²) in [5, 5.41) is 27.0. The molecule has 0 aliphatic carbocycles. The summed E-state index contributed by atoms with van der Waals surface area (Å²) in [6.07, 6.45) is -4.62. The van der Waals surface area contributed by atoms with Crippen molar-refractivity contribution in [3.8, 4) is 57.5 Å². The summed E-state index contributed by atoms with van der Waals surface area (Å²) in [6, 6.07) is 96.4. The minimum Gasteiger partial charge on any atom is -0.489 e. The van der Waals surface area contributed by atoms with Gasteiger partial charge in [0.2, 0.25) is 0 Å². The van der Waals surface area contributed by atoms with Crippen LogP contribution in [-0.2, 0) is 59.3 Å². The second-order valence-electron chi connectivity index (χ2n) is 24.4. The summed E-state index contributed by atoms with van der Waals surface area (Å²) >= 11 is 0. The van der Waals surface area contributed by atoms with E-state index in [4.69, 9.17) is 47.4 Å². The molecule has 0 radical (unpaired) electrons. The molecule has 12 aromatic rings. The lowest BCUT2D eigenvalue weighted by atomic mass is 9.89. The number of fused-ring (bicyclic) bond motifs is 2. The Morgan fingerprint density at radius 2 is 0.612 bits per heavy atom. The minimum atomic E-state index is -1.43. The van der Waals surface area contributed by atoms with Crippen LogP contribution in [-0.4, -0.2) is 22.4 Å². The molecular formula is C86H74O12.